The minimum Gasteiger partial charge on any atom is -0.507 e. The molecule has 0 atom stereocenters. The average Bonchev–Trinajstić information content (AvgIpc) is 2.84. The number of phenolic OH excluding ortho intramolecular Hbond substituents is 1. The molecule has 0 saturated heterocycles. The van der Waals surface area contributed by atoms with Crippen LogP contribution in [0.3, 0.4) is 0 Å². The van der Waals surface area contributed by atoms with E-state index in [0.29, 0.717) is 5.75 Å². The molecule has 0 aliphatic rings. The summed E-state index contributed by atoms with van der Waals surface area (Å²) in [5.41, 5.74) is 4.28. The summed E-state index contributed by atoms with van der Waals surface area (Å²) in [6.45, 7) is 3.93. The van der Waals surface area contributed by atoms with E-state index in [1.807, 2.05) is 31.3 Å². The van der Waals surface area contributed by atoms with Gasteiger partial charge in [0.05, 0.1) is 4.21 Å². The fraction of sp³-hybridized carbons (Fsp3) is 0.176. The highest BCUT2D eigenvalue weighted by Crippen LogP contribution is 2.45. The molecule has 1 nitrogen and oxygen atoms in total. The number of aromatic hydroxyl groups is 1. The van der Waals surface area contributed by atoms with Crippen LogP contribution in [-0.4, -0.2) is 11.4 Å². The SMILES string of the molecule is CSc1sc2ccccc2c1-c1ccc(C)c(O)c1C. The number of thioether (sulfide) groups is 1. The molecule has 20 heavy (non-hydrogen) atoms. The molecular weight excluding hydrogens is 284 g/mol. The van der Waals surface area contributed by atoms with E-state index in [1.54, 1.807) is 11.8 Å². The molecule has 0 unspecified atom stereocenters. The van der Waals surface area contributed by atoms with Crippen molar-refractivity contribution in [1.82, 2.24) is 0 Å². The van der Waals surface area contributed by atoms with Crippen molar-refractivity contribution in [2.24, 2.45) is 0 Å². The standard InChI is InChI=1S/C17H16OS2/c1-10-8-9-12(11(2)16(10)18)15-13-6-4-5-7-14(13)20-17(15)19-3/h4-9,18H,1-3H3. The summed E-state index contributed by atoms with van der Waals surface area (Å²) in [4.78, 5) is 0. The molecule has 0 saturated carbocycles. The van der Waals surface area contributed by atoms with Gasteiger partial charge in [-0.05, 0) is 42.9 Å². The van der Waals surface area contributed by atoms with Crippen molar-refractivity contribution in [3.05, 3.63) is 47.5 Å². The largest absolute Gasteiger partial charge is 0.507 e. The lowest BCUT2D eigenvalue weighted by atomic mass is 9.97. The second-order valence-corrected chi connectivity index (χ2v) is 7.00. The van der Waals surface area contributed by atoms with Crippen LogP contribution in [0.25, 0.3) is 21.2 Å². The zero-order valence-corrected chi connectivity index (χ0v) is 13.4. The number of hydrogen-bond donors (Lipinski definition) is 1. The molecule has 0 aliphatic carbocycles. The summed E-state index contributed by atoms with van der Waals surface area (Å²) in [7, 11) is 0. The van der Waals surface area contributed by atoms with Crippen molar-refractivity contribution in [3.63, 3.8) is 0 Å². The molecule has 1 N–H and O–H groups in total. The van der Waals surface area contributed by atoms with Gasteiger partial charge in [0.2, 0.25) is 0 Å². The summed E-state index contributed by atoms with van der Waals surface area (Å²) in [5.74, 6) is 0.407. The number of benzene rings is 2. The zero-order chi connectivity index (χ0) is 14.3. The Labute approximate surface area is 127 Å². The van der Waals surface area contributed by atoms with Gasteiger partial charge in [0, 0.05) is 15.6 Å². The lowest BCUT2D eigenvalue weighted by molar-refractivity contribution is 0.467. The number of fused-ring (bicyclic) bond motifs is 1. The molecule has 3 rings (SSSR count). The van der Waals surface area contributed by atoms with E-state index in [0.717, 1.165) is 16.7 Å². The second-order valence-electron chi connectivity index (χ2n) is 4.87. The molecular formula is C17H16OS2. The molecule has 102 valence electrons. The number of thiophene rings is 1. The van der Waals surface area contributed by atoms with Crippen LogP contribution in [0.15, 0.2) is 40.6 Å². The summed E-state index contributed by atoms with van der Waals surface area (Å²) in [6.07, 6.45) is 2.11. The Morgan fingerprint density at radius 2 is 1.80 bits per heavy atom. The Hall–Kier alpha value is -1.45. The quantitative estimate of drug-likeness (QED) is 0.620. The molecule has 0 amide bonds. The van der Waals surface area contributed by atoms with Crippen LogP contribution in [0.1, 0.15) is 11.1 Å². The van der Waals surface area contributed by atoms with Crippen molar-refractivity contribution in [2.75, 3.05) is 6.26 Å². The highest BCUT2D eigenvalue weighted by Gasteiger charge is 2.16. The third-order valence-electron chi connectivity index (χ3n) is 3.65. The van der Waals surface area contributed by atoms with E-state index in [2.05, 4.69) is 36.6 Å². The third-order valence-corrected chi connectivity index (χ3v) is 5.94. The van der Waals surface area contributed by atoms with Crippen LogP contribution in [0.2, 0.25) is 0 Å². The van der Waals surface area contributed by atoms with Gasteiger partial charge in [-0.3, -0.25) is 0 Å². The van der Waals surface area contributed by atoms with Crippen LogP contribution in [0.5, 0.6) is 5.75 Å². The Balaban J connectivity index is 2.37. The van der Waals surface area contributed by atoms with Gasteiger partial charge in [-0.15, -0.1) is 23.1 Å². The smallest absolute Gasteiger partial charge is 0.122 e. The van der Waals surface area contributed by atoms with E-state index in [-0.39, 0.29) is 0 Å². The predicted molar refractivity (Wildman–Crippen MR) is 90.2 cm³/mol. The fourth-order valence-corrected chi connectivity index (χ4v) is 4.50. The van der Waals surface area contributed by atoms with Crippen molar-refractivity contribution in [2.45, 2.75) is 18.1 Å². The summed E-state index contributed by atoms with van der Waals surface area (Å²) < 4.78 is 2.60. The molecule has 1 aromatic heterocycles. The summed E-state index contributed by atoms with van der Waals surface area (Å²) in [5, 5.41) is 11.5. The maximum Gasteiger partial charge on any atom is 0.122 e. The monoisotopic (exact) mass is 300 g/mol. The first-order valence-electron chi connectivity index (χ1n) is 6.48. The molecule has 3 heteroatoms. The van der Waals surface area contributed by atoms with Crippen LogP contribution in [-0.2, 0) is 0 Å². The first-order valence-corrected chi connectivity index (χ1v) is 8.52. The number of hydrogen-bond acceptors (Lipinski definition) is 3. The molecule has 2 aromatic carbocycles. The van der Waals surface area contributed by atoms with E-state index in [4.69, 9.17) is 0 Å². The Kier molecular flexibility index (Phi) is 3.48. The number of rotatable bonds is 2. The lowest BCUT2D eigenvalue weighted by Gasteiger charge is -2.11. The maximum absolute atomic E-state index is 10.2. The van der Waals surface area contributed by atoms with E-state index < -0.39 is 0 Å². The Morgan fingerprint density at radius 1 is 1.05 bits per heavy atom. The summed E-state index contributed by atoms with van der Waals surface area (Å²) in [6, 6.07) is 12.6. The first kappa shape index (κ1) is 13.5. The minimum atomic E-state index is 0.407. The van der Waals surface area contributed by atoms with Gasteiger partial charge in [-0.25, -0.2) is 0 Å². The van der Waals surface area contributed by atoms with Crippen molar-refractivity contribution in [1.29, 1.82) is 0 Å². The van der Waals surface area contributed by atoms with E-state index >= 15 is 0 Å². The molecule has 1 heterocycles. The molecule has 0 spiro atoms. The molecule has 3 aromatic rings. The highest BCUT2D eigenvalue weighted by atomic mass is 32.2. The molecule has 0 radical (unpaired) electrons. The normalized spacial score (nSPS) is 11.2. The minimum absolute atomic E-state index is 0.407. The fourth-order valence-electron chi connectivity index (χ4n) is 2.53. The maximum atomic E-state index is 10.2. The van der Waals surface area contributed by atoms with Gasteiger partial charge in [-0.1, -0.05) is 30.3 Å². The number of aryl methyl sites for hydroxylation is 1. The van der Waals surface area contributed by atoms with Crippen molar-refractivity contribution in [3.8, 4) is 16.9 Å². The van der Waals surface area contributed by atoms with Gasteiger partial charge in [0.15, 0.2) is 0 Å². The molecule has 0 bridgehead atoms. The van der Waals surface area contributed by atoms with Crippen LogP contribution in [0, 0.1) is 13.8 Å². The lowest BCUT2D eigenvalue weighted by Crippen LogP contribution is -1.87. The van der Waals surface area contributed by atoms with Gasteiger partial charge >= 0.3 is 0 Å². The van der Waals surface area contributed by atoms with Crippen molar-refractivity contribution < 1.29 is 5.11 Å². The Morgan fingerprint density at radius 3 is 2.55 bits per heavy atom. The van der Waals surface area contributed by atoms with Gasteiger partial charge < -0.3 is 5.11 Å². The topological polar surface area (TPSA) is 20.2 Å². The first-order chi connectivity index (χ1) is 9.63. The van der Waals surface area contributed by atoms with Gasteiger partial charge in [0.25, 0.3) is 0 Å². The second kappa shape index (κ2) is 5.15. The van der Waals surface area contributed by atoms with Crippen molar-refractivity contribution >= 4 is 33.2 Å². The zero-order valence-electron chi connectivity index (χ0n) is 11.7. The van der Waals surface area contributed by atoms with Crippen LogP contribution < -0.4 is 0 Å². The molecule has 0 aliphatic heterocycles. The van der Waals surface area contributed by atoms with Gasteiger partial charge in [0.1, 0.15) is 5.75 Å². The van der Waals surface area contributed by atoms with E-state index in [9.17, 15) is 5.11 Å². The number of phenols is 1. The Bertz CT molecular complexity index is 787. The van der Waals surface area contributed by atoms with Crippen LogP contribution in [0.4, 0.5) is 0 Å². The summed E-state index contributed by atoms with van der Waals surface area (Å²) >= 11 is 3.59. The third kappa shape index (κ3) is 2.02. The van der Waals surface area contributed by atoms with E-state index in [1.165, 1.54) is 19.9 Å². The van der Waals surface area contributed by atoms with Gasteiger partial charge in [-0.2, -0.15) is 0 Å². The average molecular weight is 300 g/mol. The molecule has 0 fully saturated rings. The van der Waals surface area contributed by atoms with Crippen LogP contribution >= 0.6 is 23.1 Å². The highest BCUT2D eigenvalue weighted by molar-refractivity contribution is 8.00. The predicted octanol–water partition coefficient (Wildman–Crippen LogP) is 5.61.